The van der Waals surface area contributed by atoms with Crippen molar-refractivity contribution in [3.63, 3.8) is 0 Å². The van der Waals surface area contributed by atoms with Gasteiger partial charge in [0.05, 0.1) is 12.0 Å². The van der Waals surface area contributed by atoms with E-state index in [1.165, 1.54) is 5.56 Å². The molecule has 0 saturated carbocycles. The van der Waals surface area contributed by atoms with Crippen LogP contribution in [0.3, 0.4) is 0 Å². The van der Waals surface area contributed by atoms with Crippen molar-refractivity contribution < 1.29 is 14.7 Å². The number of carbonyl (C=O) groups excluding carboxylic acids is 1. The predicted octanol–water partition coefficient (Wildman–Crippen LogP) is 1.79. The highest BCUT2D eigenvalue weighted by molar-refractivity contribution is 5.94. The van der Waals surface area contributed by atoms with Gasteiger partial charge in [-0.05, 0) is 24.5 Å². The smallest absolute Gasteiger partial charge is 0.322 e. The molecule has 104 valence electrons. The Balaban J connectivity index is 1.64. The lowest BCUT2D eigenvalue weighted by atomic mass is 10.1. The van der Waals surface area contributed by atoms with E-state index in [1.807, 2.05) is 24.3 Å². The van der Waals surface area contributed by atoms with Crippen LogP contribution in [0.4, 0.5) is 10.5 Å². The lowest BCUT2D eigenvalue weighted by molar-refractivity contribution is -0.140. The van der Waals surface area contributed by atoms with Crippen molar-refractivity contribution in [3.05, 3.63) is 42.0 Å². The molecule has 0 aromatic heterocycles. The third kappa shape index (κ3) is 2.27. The van der Waals surface area contributed by atoms with Crippen molar-refractivity contribution in [2.24, 2.45) is 5.92 Å². The van der Waals surface area contributed by atoms with Gasteiger partial charge in [0.1, 0.15) is 0 Å². The molecule has 2 atom stereocenters. The number of fused-ring (bicyclic) bond motifs is 1. The van der Waals surface area contributed by atoms with E-state index in [0.29, 0.717) is 13.0 Å². The number of rotatable bonds is 2. The number of hydrogen-bond donors (Lipinski definition) is 2. The molecule has 0 spiro atoms. The highest BCUT2D eigenvalue weighted by atomic mass is 16.4. The zero-order chi connectivity index (χ0) is 14.1. The van der Waals surface area contributed by atoms with Crippen molar-refractivity contribution in [1.82, 2.24) is 5.32 Å². The van der Waals surface area contributed by atoms with Gasteiger partial charge in [0.2, 0.25) is 0 Å². The van der Waals surface area contributed by atoms with Crippen LogP contribution in [0.2, 0.25) is 0 Å². The number of amides is 2. The average Bonchev–Trinajstić information content (AvgIpc) is 3.04. The van der Waals surface area contributed by atoms with Crippen LogP contribution < -0.4 is 10.2 Å². The van der Waals surface area contributed by atoms with Crippen molar-refractivity contribution >= 4 is 17.7 Å². The molecule has 1 aliphatic heterocycles. The molecule has 20 heavy (non-hydrogen) atoms. The fourth-order valence-corrected chi connectivity index (χ4v) is 2.77. The lowest BCUT2D eigenvalue weighted by Crippen LogP contribution is -2.43. The van der Waals surface area contributed by atoms with Gasteiger partial charge < -0.3 is 10.4 Å². The fourth-order valence-electron chi connectivity index (χ4n) is 2.77. The zero-order valence-electron chi connectivity index (χ0n) is 11.0. The lowest BCUT2D eigenvalue weighted by Gasteiger charge is -2.20. The third-order valence-corrected chi connectivity index (χ3v) is 3.84. The van der Waals surface area contributed by atoms with Gasteiger partial charge in [-0.15, -0.1) is 0 Å². The van der Waals surface area contributed by atoms with Gasteiger partial charge in [-0.3, -0.25) is 9.69 Å². The van der Waals surface area contributed by atoms with Gasteiger partial charge in [-0.2, -0.15) is 0 Å². The number of urea groups is 1. The van der Waals surface area contributed by atoms with Gasteiger partial charge in [-0.1, -0.05) is 30.4 Å². The van der Waals surface area contributed by atoms with Gasteiger partial charge in [-0.25, -0.2) is 4.79 Å². The largest absolute Gasteiger partial charge is 0.481 e. The van der Waals surface area contributed by atoms with E-state index >= 15 is 0 Å². The fraction of sp³-hybridized carbons (Fsp3) is 0.333. The molecule has 2 amide bonds. The summed E-state index contributed by atoms with van der Waals surface area (Å²) in [6, 6.07) is 7.50. The van der Waals surface area contributed by atoms with Crippen LogP contribution >= 0.6 is 0 Å². The molecule has 2 aliphatic rings. The molecule has 3 rings (SSSR count). The molecule has 2 unspecified atom stereocenters. The Kier molecular flexibility index (Phi) is 3.18. The monoisotopic (exact) mass is 272 g/mol. The molecular weight excluding hydrogens is 256 g/mol. The Morgan fingerprint density at radius 2 is 2.05 bits per heavy atom. The summed E-state index contributed by atoms with van der Waals surface area (Å²) in [6.07, 6.45) is 4.70. The molecular formula is C15H16N2O3. The first kappa shape index (κ1) is 12.7. The average molecular weight is 272 g/mol. The van der Waals surface area contributed by atoms with Crippen LogP contribution in [0.1, 0.15) is 12.0 Å². The molecule has 0 fully saturated rings. The molecule has 2 N–H and O–H groups in total. The van der Waals surface area contributed by atoms with Gasteiger partial charge >= 0.3 is 12.0 Å². The summed E-state index contributed by atoms with van der Waals surface area (Å²) in [4.78, 5) is 24.9. The maximum Gasteiger partial charge on any atom is 0.322 e. The molecule has 1 aromatic rings. The minimum absolute atomic E-state index is 0.157. The molecule has 0 radical (unpaired) electrons. The van der Waals surface area contributed by atoms with E-state index in [9.17, 15) is 9.59 Å². The van der Waals surface area contributed by atoms with Gasteiger partial charge in [0.15, 0.2) is 0 Å². The summed E-state index contributed by atoms with van der Waals surface area (Å²) in [5.74, 6) is -1.34. The minimum Gasteiger partial charge on any atom is -0.481 e. The summed E-state index contributed by atoms with van der Waals surface area (Å²) >= 11 is 0. The molecule has 1 aromatic carbocycles. The number of nitrogens with zero attached hydrogens (tertiary/aromatic N) is 1. The van der Waals surface area contributed by atoms with Crippen LogP contribution in [0.25, 0.3) is 0 Å². The topological polar surface area (TPSA) is 69.6 Å². The van der Waals surface area contributed by atoms with Crippen molar-refractivity contribution in [2.75, 3.05) is 11.4 Å². The van der Waals surface area contributed by atoms with E-state index in [-0.39, 0.29) is 12.1 Å². The number of hydrogen-bond acceptors (Lipinski definition) is 2. The Morgan fingerprint density at radius 1 is 1.25 bits per heavy atom. The molecule has 5 nitrogen and oxygen atoms in total. The normalized spacial score (nSPS) is 23.7. The first-order valence-corrected chi connectivity index (χ1v) is 6.72. The number of carbonyl (C=O) groups is 2. The van der Waals surface area contributed by atoms with E-state index < -0.39 is 11.9 Å². The Bertz CT molecular complexity index is 582. The minimum atomic E-state index is -0.843. The second-order valence-corrected chi connectivity index (χ2v) is 5.15. The van der Waals surface area contributed by atoms with Crippen molar-refractivity contribution in [1.29, 1.82) is 0 Å². The van der Waals surface area contributed by atoms with E-state index in [4.69, 9.17) is 5.11 Å². The van der Waals surface area contributed by atoms with E-state index in [2.05, 4.69) is 5.32 Å². The quantitative estimate of drug-likeness (QED) is 0.806. The number of anilines is 1. The maximum absolute atomic E-state index is 12.3. The van der Waals surface area contributed by atoms with Crippen LogP contribution in [0.15, 0.2) is 36.4 Å². The Hall–Kier alpha value is -2.30. The molecule has 5 heteroatoms. The molecule has 0 bridgehead atoms. The number of benzene rings is 1. The van der Waals surface area contributed by atoms with Crippen LogP contribution in [-0.2, 0) is 11.2 Å². The number of para-hydroxylation sites is 1. The summed E-state index contributed by atoms with van der Waals surface area (Å²) in [7, 11) is 0. The second-order valence-electron chi connectivity index (χ2n) is 5.15. The van der Waals surface area contributed by atoms with E-state index in [1.54, 1.807) is 17.1 Å². The zero-order valence-corrected chi connectivity index (χ0v) is 11.0. The highest BCUT2D eigenvalue weighted by Gasteiger charge is 2.29. The van der Waals surface area contributed by atoms with Crippen LogP contribution in [0, 0.1) is 5.92 Å². The summed E-state index contributed by atoms with van der Waals surface area (Å²) in [5.41, 5.74) is 2.12. The summed E-state index contributed by atoms with van der Waals surface area (Å²) in [5, 5.41) is 11.8. The van der Waals surface area contributed by atoms with Crippen molar-refractivity contribution in [3.8, 4) is 0 Å². The second kappa shape index (κ2) is 5.00. The SMILES string of the molecule is O=C(O)C1C=CC(NC(=O)N2CCc3ccccc32)C1. The Labute approximate surface area is 116 Å². The standard InChI is InChI=1S/C15H16N2O3/c18-14(19)11-5-6-12(9-11)16-15(20)17-8-7-10-3-1-2-4-13(10)17/h1-6,11-12H,7-9H2,(H,16,20)(H,18,19). The highest BCUT2D eigenvalue weighted by Crippen LogP contribution is 2.27. The third-order valence-electron chi connectivity index (χ3n) is 3.84. The van der Waals surface area contributed by atoms with Gasteiger partial charge in [0, 0.05) is 12.2 Å². The first-order chi connectivity index (χ1) is 9.65. The Morgan fingerprint density at radius 3 is 2.80 bits per heavy atom. The number of nitrogens with one attached hydrogen (secondary N) is 1. The number of aliphatic carboxylic acids is 1. The van der Waals surface area contributed by atoms with E-state index in [0.717, 1.165) is 12.1 Å². The predicted molar refractivity (Wildman–Crippen MR) is 74.7 cm³/mol. The number of carboxylic acid groups (broad SMARTS) is 1. The maximum atomic E-state index is 12.3. The summed E-state index contributed by atoms with van der Waals surface area (Å²) in [6.45, 7) is 0.671. The number of carboxylic acids is 1. The molecule has 1 aliphatic carbocycles. The summed E-state index contributed by atoms with van der Waals surface area (Å²) < 4.78 is 0. The van der Waals surface area contributed by atoms with Crippen LogP contribution in [-0.4, -0.2) is 29.7 Å². The van der Waals surface area contributed by atoms with Crippen LogP contribution in [0.5, 0.6) is 0 Å². The van der Waals surface area contributed by atoms with Gasteiger partial charge in [0.25, 0.3) is 0 Å². The first-order valence-electron chi connectivity index (χ1n) is 6.72. The van der Waals surface area contributed by atoms with Crippen molar-refractivity contribution in [2.45, 2.75) is 18.9 Å². The molecule has 0 saturated heterocycles. The molecule has 1 heterocycles.